The van der Waals surface area contributed by atoms with Gasteiger partial charge in [0.2, 0.25) is 0 Å². The molecule has 0 aromatic heterocycles. The molecule has 2 aliphatic carbocycles. The molecule has 0 N–H and O–H groups in total. The van der Waals surface area contributed by atoms with Gasteiger partial charge in [-0.3, -0.25) is 0 Å². The van der Waals surface area contributed by atoms with Gasteiger partial charge in [-0.2, -0.15) is 0 Å². The summed E-state index contributed by atoms with van der Waals surface area (Å²) >= 11 is 0. The Morgan fingerprint density at radius 2 is 0.740 bits per heavy atom. The van der Waals surface area contributed by atoms with Crippen LogP contribution in [0.15, 0.2) is 224 Å². The molecule has 3 nitrogen and oxygen atoms in total. The lowest BCUT2D eigenvalue weighted by Crippen LogP contribution is -2.33. The van der Waals surface area contributed by atoms with Crippen molar-refractivity contribution in [2.45, 2.75) is 63.2 Å². The van der Waals surface area contributed by atoms with E-state index in [0.29, 0.717) is 0 Å². The second-order valence-electron chi connectivity index (χ2n) is 22.4. The Balaban J connectivity index is 1.07. The molecule has 2 heterocycles. The molecule has 3 heteroatoms. The Kier molecular flexibility index (Phi) is 9.24. The topological polar surface area (TPSA) is 21.7 Å². The molecule has 0 amide bonds. The first kappa shape index (κ1) is 43.4. The molecular weight excluding hydrogens is 887 g/mol. The van der Waals surface area contributed by atoms with Crippen LogP contribution in [-0.2, 0) is 21.7 Å². The summed E-state index contributed by atoms with van der Waals surface area (Å²) in [7, 11) is 0. The lowest BCUT2D eigenvalue weighted by molar-refractivity contribution is 0.433. The van der Waals surface area contributed by atoms with Crippen molar-refractivity contribution in [2.24, 2.45) is 0 Å². The number of fused-ring (bicyclic) bond motifs is 18. The minimum atomic E-state index is -0.690. The van der Waals surface area contributed by atoms with Crippen LogP contribution in [0.4, 0.5) is 17.1 Å². The van der Waals surface area contributed by atoms with Crippen LogP contribution in [0.1, 0.15) is 97.2 Å². The van der Waals surface area contributed by atoms with Crippen molar-refractivity contribution in [1.29, 1.82) is 0 Å². The fourth-order valence-corrected chi connectivity index (χ4v) is 12.9. The average Bonchev–Trinajstić information content (AvgIpc) is 3.87. The van der Waals surface area contributed by atoms with Crippen LogP contribution in [0.5, 0.6) is 23.0 Å². The summed E-state index contributed by atoms with van der Waals surface area (Å²) in [6, 6.07) is 83.3. The Labute approximate surface area is 429 Å². The predicted octanol–water partition coefficient (Wildman–Crippen LogP) is 18.4. The van der Waals surface area contributed by atoms with E-state index < -0.39 is 10.8 Å². The maximum atomic E-state index is 7.04. The van der Waals surface area contributed by atoms with Crippen molar-refractivity contribution in [3.8, 4) is 56.4 Å². The van der Waals surface area contributed by atoms with Crippen LogP contribution >= 0.6 is 0 Å². The number of para-hydroxylation sites is 1. The number of anilines is 3. The Hall–Kier alpha value is -8.40. The summed E-state index contributed by atoms with van der Waals surface area (Å²) in [6.07, 6.45) is 0. The summed E-state index contributed by atoms with van der Waals surface area (Å²) in [6.45, 7) is 13.8. The Morgan fingerprint density at radius 3 is 1.33 bits per heavy atom. The summed E-state index contributed by atoms with van der Waals surface area (Å²) in [5.41, 5.74) is 21.2. The van der Waals surface area contributed by atoms with Gasteiger partial charge in [-0.15, -0.1) is 0 Å². The van der Waals surface area contributed by atoms with E-state index in [9.17, 15) is 0 Å². The third-order valence-electron chi connectivity index (χ3n) is 16.3. The first-order valence-corrected chi connectivity index (χ1v) is 25.7. The minimum absolute atomic E-state index is 0.0936. The predicted molar refractivity (Wildman–Crippen MR) is 299 cm³/mol. The second kappa shape index (κ2) is 15.6. The Morgan fingerprint density at radius 1 is 0.315 bits per heavy atom. The molecule has 2 spiro atoms. The fraction of sp³-hybridized carbons (Fsp3) is 0.143. The zero-order valence-corrected chi connectivity index (χ0v) is 42.1. The van der Waals surface area contributed by atoms with Crippen LogP contribution in [0, 0.1) is 0 Å². The molecule has 2 aliphatic heterocycles. The molecule has 14 rings (SSSR count). The number of hydrogen-bond acceptors (Lipinski definition) is 3. The van der Waals surface area contributed by atoms with Crippen molar-refractivity contribution in [3.63, 3.8) is 0 Å². The van der Waals surface area contributed by atoms with Crippen molar-refractivity contribution >= 4 is 17.1 Å². The monoisotopic (exact) mass is 941 g/mol. The maximum absolute atomic E-state index is 7.04. The van der Waals surface area contributed by atoms with Crippen LogP contribution in [0.3, 0.4) is 0 Å². The molecule has 10 aromatic carbocycles. The number of benzene rings is 10. The normalized spacial score (nSPS) is 14.6. The molecule has 0 saturated carbocycles. The molecule has 0 fully saturated rings. The van der Waals surface area contributed by atoms with Gasteiger partial charge in [0.05, 0.1) is 16.5 Å². The maximum Gasteiger partial charge on any atom is 0.132 e. The first-order valence-electron chi connectivity index (χ1n) is 25.7. The van der Waals surface area contributed by atoms with Gasteiger partial charge in [-0.05, 0) is 139 Å². The molecule has 0 unspecified atom stereocenters. The molecule has 0 bridgehead atoms. The number of nitrogens with zero attached hydrogens (tertiary/aromatic N) is 1. The van der Waals surface area contributed by atoms with E-state index in [1.807, 2.05) is 0 Å². The van der Waals surface area contributed by atoms with Crippen molar-refractivity contribution < 1.29 is 9.47 Å². The minimum Gasteiger partial charge on any atom is -0.457 e. The highest BCUT2D eigenvalue weighted by Gasteiger charge is 2.54. The smallest absolute Gasteiger partial charge is 0.132 e. The van der Waals surface area contributed by atoms with Gasteiger partial charge < -0.3 is 14.4 Å². The zero-order valence-electron chi connectivity index (χ0n) is 42.1. The highest BCUT2D eigenvalue weighted by Crippen LogP contribution is 2.66. The quantitative estimate of drug-likeness (QED) is 0.175. The molecular formula is C70H55NO2. The van der Waals surface area contributed by atoms with Gasteiger partial charge in [0.1, 0.15) is 23.0 Å². The van der Waals surface area contributed by atoms with Gasteiger partial charge in [-0.1, -0.05) is 199 Å². The van der Waals surface area contributed by atoms with E-state index in [1.165, 1.54) is 77.9 Å². The molecule has 352 valence electrons. The van der Waals surface area contributed by atoms with Gasteiger partial charge in [0, 0.05) is 39.2 Å². The molecule has 0 saturated heterocycles. The van der Waals surface area contributed by atoms with E-state index >= 15 is 0 Å². The highest BCUT2D eigenvalue weighted by atomic mass is 16.5. The first-order chi connectivity index (χ1) is 35.5. The fourth-order valence-electron chi connectivity index (χ4n) is 12.9. The van der Waals surface area contributed by atoms with Gasteiger partial charge in [0.25, 0.3) is 0 Å². The zero-order chi connectivity index (χ0) is 49.4. The average molecular weight is 942 g/mol. The van der Waals surface area contributed by atoms with Crippen LogP contribution in [0.25, 0.3) is 33.4 Å². The molecule has 0 radical (unpaired) electrons. The number of ether oxygens (including phenoxy) is 2. The third kappa shape index (κ3) is 6.12. The van der Waals surface area contributed by atoms with Crippen molar-refractivity contribution in [3.05, 3.63) is 280 Å². The number of hydrogen-bond donors (Lipinski definition) is 0. The largest absolute Gasteiger partial charge is 0.457 e. The van der Waals surface area contributed by atoms with Gasteiger partial charge >= 0.3 is 0 Å². The van der Waals surface area contributed by atoms with Crippen LogP contribution < -0.4 is 14.4 Å². The van der Waals surface area contributed by atoms with E-state index in [4.69, 9.17) is 9.47 Å². The van der Waals surface area contributed by atoms with E-state index in [-0.39, 0.29) is 10.8 Å². The van der Waals surface area contributed by atoms with Crippen LogP contribution in [0.2, 0.25) is 0 Å². The third-order valence-corrected chi connectivity index (χ3v) is 16.3. The lowest BCUT2D eigenvalue weighted by Gasteiger charge is -2.41. The van der Waals surface area contributed by atoms with E-state index in [2.05, 4.69) is 271 Å². The molecule has 0 atom stereocenters. The molecule has 4 aliphatic rings. The molecule has 10 aromatic rings. The standard InChI is InChI=1S/C70H55NO2/c1-67(2,3)46-33-38-63-58(41-46)70(59-42-47(68(4,5)6)34-39-64(59)73-63)55-26-15-12-23-52(55)66-57(70)28-18-29-61(66)71(48-35-31-45(32-36-48)44-19-8-7-9-20-44)49-37-40-65-60(43-49)69(56-27-16-17-30-62(56)72-65)53-24-13-10-21-50(53)51-22-11-14-25-54(51)69/h7-43H,1-6H3. The number of rotatable bonds is 4. The van der Waals surface area contributed by atoms with Crippen LogP contribution in [-0.4, -0.2) is 0 Å². The SMILES string of the molecule is CC(C)(C)c1ccc2c(c1)C1(c3cc(C(C)(C)C)ccc3O2)c2ccccc2-c2c(N(c3ccc(-c4ccccc4)cc3)c3ccc4c(c3)C3(c5ccccc5O4)c4ccccc4-c4ccccc43)cccc21. The second-order valence-corrected chi connectivity index (χ2v) is 22.4. The molecule has 73 heavy (non-hydrogen) atoms. The van der Waals surface area contributed by atoms with Gasteiger partial charge in [0.15, 0.2) is 0 Å². The summed E-state index contributed by atoms with van der Waals surface area (Å²) in [4.78, 5) is 2.50. The summed E-state index contributed by atoms with van der Waals surface area (Å²) in [5, 5.41) is 0. The van der Waals surface area contributed by atoms with Crippen molar-refractivity contribution in [1.82, 2.24) is 0 Å². The lowest BCUT2D eigenvalue weighted by atomic mass is 9.64. The van der Waals surface area contributed by atoms with E-state index in [0.717, 1.165) is 51.2 Å². The van der Waals surface area contributed by atoms with E-state index in [1.54, 1.807) is 0 Å². The summed E-state index contributed by atoms with van der Waals surface area (Å²) in [5.74, 6) is 3.52. The van der Waals surface area contributed by atoms with Gasteiger partial charge in [-0.25, -0.2) is 0 Å². The highest BCUT2D eigenvalue weighted by molar-refractivity contribution is 5.99. The Bertz CT molecular complexity index is 3780. The van der Waals surface area contributed by atoms with Crippen molar-refractivity contribution in [2.75, 3.05) is 4.90 Å². The summed E-state index contributed by atoms with van der Waals surface area (Å²) < 4.78 is 14.0.